The molecule has 190 valence electrons. The number of carbonyl (C=O) groups excluding carboxylic acids is 2. The standard InChI is InChI=1S/C30H35ClN2O2S/c1-22(2)18-32-30(35)28(17-24-11-5-4-6-12-24)33(19-26-14-8-7-10-23(26)3)29(34)21-36-20-25-13-9-15-27(31)16-25/h4-16,22,28H,17-21H2,1-3H3,(H,32,35)/t28-/m1/s1. The lowest BCUT2D eigenvalue weighted by Gasteiger charge is -2.32. The van der Waals surface area contributed by atoms with Crippen LogP contribution in [0.4, 0.5) is 0 Å². The van der Waals surface area contributed by atoms with Gasteiger partial charge in [-0.1, -0.05) is 92.2 Å². The van der Waals surface area contributed by atoms with E-state index in [9.17, 15) is 9.59 Å². The van der Waals surface area contributed by atoms with Crippen LogP contribution in [0.15, 0.2) is 78.9 Å². The third-order valence-corrected chi connectivity index (χ3v) is 7.16. The van der Waals surface area contributed by atoms with Gasteiger partial charge in [-0.05, 0) is 47.2 Å². The fraction of sp³-hybridized carbons (Fsp3) is 0.333. The van der Waals surface area contributed by atoms with Crippen LogP contribution in [0.25, 0.3) is 0 Å². The van der Waals surface area contributed by atoms with E-state index in [1.165, 1.54) is 11.8 Å². The van der Waals surface area contributed by atoms with E-state index < -0.39 is 6.04 Å². The van der Waals surface area contributed by atoms with E-state index in [4.69, 9.17) is 11.6 Å². The van der Waals surface area contributed by atoms with E-state index in [-0.39, 0.29) is 17.6 Å². The summed E-state index contributed by atoms with van der Waals surface area (Å²) in [4.78, 5) is 28.9. The predicted octanol–water partition coefficient (Wildman–Crippen LogP) is 6.29. The Kier molecular flexibility index (Phi) is 10.9. The van der Waals surface area contributed by atoms with E-state index >= 15 is 0 Å². The lowest BCUT2D eigenvalue weighted by molar-refractivity contribution is -0.139. The van der Waals surface area contributed by atoms with E-state index in [1.807, 2.05) is 85.8 Å². The van der Waals surface area contributed by atoms with Crippen LogP contribution in [0.2, 0.25) is 5.02 Å². The molecule has 0 aromatic heterocycles. The molecule has 6 heteroatoms. The maximum atomic E-state index is 13.7. The van der Waals surface area contributed by atoms with Gasteiger partial charge in [0.2, 0.25) is 11.8 Å². The summed E-state index contributed by atoms with van der Waals surface area (Å²) in [6.45, 7) is 7.12. The number of rotatable bonds is 12. The fourth-order valence-corrected chi connectivity index (χ4v) is 4.98. The number of hydrogen-bond donors (Lipinski definition) is 1. The van der Waals surface area contributed by atoms with Crippen LogP contribution in [0.5, 0.6) is 0 Å². The van der Waals surface area contributed by atoms with Gasteiger partial charge in [0, 0.05) is 30.3 Å². The smallest absolute Gasteiger partial charge is 0.243 e. The molecule has 0 saturated heterocycles. The molecule has 3 aromatic rings. The molecular formula is C30H35ClN2O2S. The second-order valence-corrected chi connectivity index (χ2v) is 10.8. The minimum absolute atomic E-state index is 0.0501. The first-order chi connectivity index (χ1) is 17.3. The van der Waals surface area contributed by atoms with Crippen LogP contribution in [-0.2, 0) is 28.3 Å². The summed E-state index contributed by atoms with van der Waals surface area (Å²) >= 11 is 7.66. The average molecular weight is 523 g/mol. The Morgan fingerprint density at radius 2 is 1.64 bits per heavy atom. The summed E-state index contributed by atoms with van der Waals surface area (Å²) in [5, 5.41) is 3.76. The Hall–Kier alpha value is -2.76. The summed E-state index contributed by atoms with van der Waals surface area (Å²) in [5.41, 5.74) is 4.24. The third kappa shape index (κ3) is 8.72. The molecular weight excluding hydrogens is 488 g/mol. The number of carbonyl (C=O) groups is 2. The second-order valence-electron chi connectivity index (χ2n) is 9.42. The van der Waals surface area contributed by atoms with E-state index in [1.54, 1.807) is 4.90 Å². The first kappa shape index (κ1) is 27.8. The Balaban J connectivity index is 1.85. The first-order valence-electron chi connectivity index (χ1n) is 12.3. The van der Waals surface area contributed by atoms with Gasteiger partial charge >= 0.3 is 0 Å². The number of amides is 2. The van der Waals surface area contributed by atoms with Crippen LogP contribution in [-0.4, -0.2) is 35.1 Å². The molecule has 3 rings (SSSR count). The minimum atomic E-state index is -0.606. The molecule has 4 nitrogen and oxygen atoms in total. The van der Waals surface area contributed by atoms with Gasteiger partial charge in [0.05, 0.1) is 5.75 Å². The summed E-state index contributed by atoms with van der Waals surface area (Å²) < 4.78 is 0. The number of nitrogens with one attached hydrogen (secondary N) is 1. The molecule has 0 spiro atoms. The highest BCUT2D eigenvalue weighted by molar-refractivity contribution is 7.99. The number of benzene rings is 3. The van der Waals surface area contributed by atoms with Crippen LogP contribution in [0.1, 0.15) is 36.1 Å². The van der Waals surface area contributed by atoms with Gasteiger partial charge in [0.25, 0.3) is 0 Å². The van der Waals surface area contributed by atoms with Crippen molar-refractivity contribution in [2.45, 2.75) is 45.5 Å². The highest BCUT2D eigenvalue weighted by Crippen LogP contribution is 2.21. The topological polar surface area (TPSA) is 49.4 Å². The van der Waals surface area contributed by atoms with E-state index in [0.717, 1.165) is 22.3 Å². The maximum Gasteiger partial charge on any atom is 0.243 e. The molecule has 0 bridgehead atoms. The molecule has 0 aliphatic carbocycles. The predicted molar refractivity (Wildman–Crippen MR) is 151 cm³/mol. The van der Waals surface area contributed by atoms with Gasteiger partial charge in [-0.2, -0.15) is 0 Å². The number of halogens is 1. The maximum absolute atomic E-state index is 13.7. The molecule has 1 N–H and O–H groups in total. The molecule has 0 heterocycles. The van der Waals surface area contributed by atoms with Crippen molar-refractivity contribution in [3.63, 3.8) is 0 Å². The van der Waals surface area contributed by atoms with Crippen LogP contribution >= 0.6 is 23.4 Å². The largest absolute Gasteiger partial charge is 0.354 e. The van der Waals surface area contributed by atoms with Crippen molar-refractivity contribution in [3.05, 3.63) is 106 Å². The zero-order chi connectivity index (χ0) is 25.9. The van der Waals surface area contributed by atoms with Gasteiger partial charge in [0.1, 0.15) is 6.04 Å². The molecule has 0 saturated carbocycles. The number of thioether (sulfide) groups is 1. The SMILES string of the molecule is Cc1ccccc1CN(C(=O)CSCc1cccc(Cl)c1)[C@H](Cc1ccccc1)C(=O)NCC(C)C. The quantitative estimate of drug-likeness (QED) is 0.304. The fourth-order valence-electron chi connectivity index (χ4n) is 3.91. The molecule has 3 aromatic carbocycles. The normalized spacial score (nSPS) is 11.8. The van der Waals surface area contributed by atoms with Crippen LogP contribution in [0.3, 0.4) is 0 Å². The average Bonchev–Trinajstić information content (AvgIpc) is 2.86. The molecule has 2 amide bonds. The summed E-state index contributed by atoms with van der Waals surface area (Å²) in [7, 11) is 0. The van der Waals surface area contributed by atoms with Crippen molar-refractivity contribution >= 4 is 35.2 Å². The molecule has 0 fully saturated rings. The van der Waals surface area contributed by atoms with E-state index in [0.29, 0.717) is 36.2 Å². The van der Waals surface area contributed by atoms with Gasteiger partial charge in [-0.15, -0.1) is 11.8 Å². The van der Waals surface area contributed by atoms with Crippen LogP contribution < -0.4 is 5.32 Å². The highest BCUT2D eigenvalue weighted by atomic mass is 35.5. The monoisotopic (exact) mass is 522 g/mol. The highest BCUT2D eigenvalue weighted by Gasteiger charge is 2.30. The summed E-state index contributed by atoms with van der Waals surface area (Å²) in [5.74, 6) is 1.11. The van der Waals surface area contributed by atoms with Crippen molar-refractivity contribution in [1.82, 2.24) is 10.2 Å². The second kappa shape index (κ2) is 14.1. The Morgan fingerprint density at radius 1 is 0.944 bits per heavy atom. The Bertz CT molecular complexity index is 1140. The zero-order valence-corrected chi connectivity index (χ0v) is 22.8. The Labute approximate surface area is 224 Å². The van der Waals surface area contributed by atoms with Gasteiger partial charge in [-0.25, -0.2) is 0 Å². The first-order valence-corrected chi connectivity index (χ1v) is 13.8. The number of aryl methyl sites for hydroxylation is 1. The van der Waals surface area contributed by atoms with Gasteiger partial charge < -0.3 is 10.2 Å². The molecule has 36 heavy (non-hydrogen) atoms. The van der Waals surface area contributed by atoms with Crippen molar-refractivity contribution in [3.8, 4) is 0 Å². The lowest BCUT2D eigenvalue weighted by atomic mass is 10.0. The lowest BCUT2D eigenvalue weighted by Crippen LogP contribution is -2.51. The molecule has 0 aliphatic heterocycles. The zero-order valence-electron chi connectivity index (χ0n) is 21.2. The Morgan fingerprint density at radius 3 is 2.33 bits per heavy atom. The van der Waals surface area contributed by atoms with Crippen LogP contribution in [0, 0.1) is 12.8 Å². The van der Waals surface area contributed by atoms with Crippen molar-refractivity contribution < 1.29 is 9.59 Å². The van der Waals surface area contributed by atoms with E-state index in [2.05, 4.69) is 19.2 Å². The molecule has 1 atom stereocenters. The number of hydrogen-bond acceptors (Lipinski definition) is 3. The molecule has 0 aliphatic rings. The van der Waals surface area contributed by atoms with Crippen molar-refractivity contribution in [2.75, 3.05) is 12.3 Å². The number of nitrogens with zero attached hydrogens (tertiary/aromatic N) is 1. The summed E-state index contributed by atoms with van der Waals surface area (Å²) in [6.07, 6.45) is 0.460. The van der Waals surface area contributed by atoms with Gasteiger partial charge in [-0.3, -0.25) is 9.59 Å². The molecule has 0 unspecified atom stereocenters. The molecule has 0 radical (unpaired) electrons. The van der Waals surface area contributed by atoms with Gasteiger partial charge in [0.15, 0.2) is 0 Å². The third-order valence-electron chi connectivity index (χ3n) is 5.94. The minimum Gasteiger partial charge on any atom is -0.354 e. The van der Waals surface area contributed by atoms with Crippen molar-refractivity contribution in [2.24, 2.45) is 5.92 Å². The van der Waals surface area contributed by atoms with Crippen molar-refractivity contribution in [1.29, 1.82) is 0 Å². The summed E-state index contributed by atoms with van der Waals surface area (Å²) in [6, 6.07) is 25.0.